The Morgan fingerprint density at radius 1 is 1.29 bits per heavy atom. The summed E-state index contributed by atoms with van der Waals surface area (Å²) in [5.41, 5.74) is 0. The Bertz CT molecular complexity index is 183. The van der Waals surface area contributed by atoms with Crippen LogP contribution in [0.2, 0.25) is 0 Å². The van der Waals surface area contributed by atoms with Crippen LogP contribution >= 0.6 is 0 Å². The fraction of sp³-hybridized carbons (Fsp3) is 0.909. The Balaban J connectivity index is 2.58. The van der Waals surface area contributed by atoms with Gasteiger partial charge in [0.15, 0.2) is 5.96 Å². The summed E-state index contributed by atoms with van der Waals surface area (Å²) in [6.07, 6.45) is 3.84. The molecule has 0 atom stereocenters. The molecule has 0 unspecified atom stereocenters. The first-order valence-corrected chi connectivity index (χ1v) is 5.80. The van der Waals surface area contributed by atoms with Gasteiger partial charge in [-0.05, 0) is 26.2 Å². The molecule has 0 radical (unpaired) electrons. The highest BCUT2D eigenvalue weighted by Crippen LogP contribution is 2.10. The van der Waals surface area contributed by atoms with E-state index < -0.39 is 0 Å². The van der Waals surface area contributed by atoms with Gasteiger partial charge in [0, 0.05) is 33.2 Å². The average molecular weight is 197 g/mol. The fourth-order valence-electron chi connectivity index (χ4n) is 2.07. The Morgan fingerprint density at radius 3 is 2.36 bits per heavy atom. The summed E-state index contributed by atoms with van der Waals surface area (Å²) in [4.78, 5) is 9.22. The van der Waals surface area contributed by atoms with Crippen LogP contribution in [-0.4, -0.2) is 49.0 Å². The largest absolute Gasteiger partial charge is 0.343 e. The predicted octanol–water partition coefficient (Wildman–Crippen LogP) is 1.80. The monoisotopic (exact) mass is 197 g/mol. The van der Waals surface area contributed by atoms with Crippen LogP contribution in [0, 0.1) is 0 Å². The number of nitrogens with zero attached hydrogens (tertiary/aromatic N) is 3. The molecule has 0 amide bonds. The van der Waals surface area contributed by atoms with Crippen molar-refractivity contribution in [2.75, 3.05) is 33.2 Å². The normalized spacial score (nSPS) is 17.6. The third-order valence-corrected chi connectivity index (χ3v) is 2.75. The number of likely N-dealkylation sites (tertiary alicyclic amines) is 1. The van der Waals surface area contributed by atoms with Crippen LogP contribution < -0.4 is 0 Å². The van der Waals surface area contributed by atoms with Crippen molar-refractivity contribution in [3.63, 3.8) is 0 Å². The standard InChI is InChI=1S/C11H23N3/c1-4-8-13(5-2)11(12-3)14-9-6-7-10-14/h4-10H2,1-3H3. The van der Waals surface area contributed by atoms with Crippen molar-refractivity contribution in [3.05, 3.63) is 0 Å². The van der Waals surface area contributed by atoms with E-state index in [0.717, 1.165) is 13.1 Å². The molecule has 0 N–H and O–H groups in total. The Hall–Kier alpha value is -0.730. The predicted molar refractivity (Wildman–Crippen MR) is 61.7 cm³/mol. The van der Waals surface area contributed by atoms with Gasteiger partial charge in [0.05, 0.1) is 0 Å². The summed E-state index contributed by atoms with van der Waals surface area (Å²) in [6.45, 7) is 8.99. The third kappa shape index (κ3) is 2.63. The summed E-state index contributed by atoms with van der Waals surface area (Å²) in [7, 11) is 1.91. The van der Waals surface area contributed by atoms with E-state index in [-0.39, 0.29) is 0 Å². The van der Waals surface area contributed by atoms with Crippen LogP contribution in [0.1, 0.15) is 33.1 Å². The van der Waals surface area contributed by atoms with Gasteiger partial charge in [-0.1, -0.05) is 6.92 Å². The molecule has 1 aliphatic heterocycles. The van der Waals surface area contributed by atoms with Crippen molar-refractivity contribution < 1.29 is 0 Å². The van der Waals surface area contributed by atoms with Gasteiger partial charge < -0.3 is 9.80 Å². The molecule has 0 bridgehead atoms. The quantitative estimate of drug-likeness (QED) is 0.507. The second kappa shape index (κ2) is 5.89. The molecule has 14 heavy (non-hydrogen) atoms. The molecule has 0 saturated carbocycles. The lowest BCUT2D eigenvalue weighted by Crippen LogP contribution is -2.43. The number of aliphatic imine (C=N–C) groups is 1. The SMILES string of the molecule is CCCN(CC)C(=NC)N1CCCC1. The zero-order chi connectivity index (χ0) is 10.4. The maximum atomic E-state index is 4.43. The van der Waals surface area contributed by atoms with Crippen molar-refractivity contribution in [2.24, 2.45) is 4.99 Å². The summed E-state index contributed by atoms with van der Waals surface area (Å²) in [5.74, 6) is 1.20. The van der Waals surface area contributed by atoms with Crippen molar-refractivity contribution in [1.82, 2.24) is 9.80 Å². The number of rotatable bonds is 3. The third-order valence-electron chi connectivity index (χ3n) is 2.75. The molecule has 82 valence electrons. The van der Waals surface area contributed by atoms with E-state index in [9.17, 15) is 0 Å². The molecule has 0 aromatic rings. The molecule has 1 heterocycles. The highest BCUT2D eigenvalue weighted by atomic mass is 15.4. The van der Waals surface area contributed by atoms with Crippen LogP contribution in [0.3, 0.4) is 0 Å². The van der Waals surface area contributed by atoms with Crippen LogP contribution in [0.4, 0.5) is 0 Å². The van der Waals surface area contributed by atoms with Crippen molar-refractivity contribution >= 4 is 5.96 Å². The van der Waals surface area contributed by atoms with Gasteiger partial charge >= 0.3 is 0 Å². The van der Waals surface area contributed by atoms with E-state index >= 15 is 0 Å². The molecular weight excluding hydrogens is 174 g/mol. The first-order valence-electron chi connectivity index (χ1n) is 5.80. The molecule has 0 aliphatic carbocycles. The summed E-state index contributed by atoms with van der Waals surface area (Å²) >= 11 is 0. The molecule has 1 fully saturated rings. The highest BCUT2D eigenvalue weighted by Gasteiger charge is 2.19. The lowest BCUT2D eigenvalue weighted by Gasteiger charge is -2.30. The second-order valence-electron chi connectivity index (χ2n) is 3.80. The Kier molecular flexibility index (Phi) is 4.77. The molecule has 1 saturated heterocycles. The summed E-state index contributed by atoms with van der Waals surface area (Å²) in [6, 6.07) is 0. The molecule has 3 heteroatoms. The maximum absolute atomic E-state index is 4.43. The lowest BCUT2D eigenvalue weighted by atomic mass is 10.4. The molecular formula is C11H23N3. The number of hydrogen-bond donors (Lipinski definition) is 0. The summed E-state index contributed by atoms with van der Waals surface area (Å²) < 4.78 is 0. The van der Waals surface area contributed by atoms with Crippen molar-refractivity contribution in [1.29, 1.82) is 0 Å². The van der Waals surface area contributed by atoms with Gasteiger partial charge in [-0.15, -0.1) is 0 Å². The van der Waals surface area contributed by atoms with Crippen LogP contribution in [-0.2, 0) is 0 Å². The number of guanidine groups is 1. The molecule has 0 aromatic heterocycles. The molecule has 0 aromatic carbocycles. The summed E-state index contributed by atoms with van der Waals surface area (Å²) in [5, 5.41) is 0. The topological polar surface area (TPSA) is 18.8 Å². The van der Waals surface area contributed by atoms with Gasteiger partial charge in [-0.3, -0.25) is 4.99 Å². The van der Waals surface area contributed by atoms with Gasteiger partial charge in [0.1, 0.15) is 0 Å². The maximum Gasteiger partial charge on any atom is 0.196 e. The molecule has 0 spiro atoms. The van der Waals surface area contributed by atoms with Crippen LogP contribution in [0.25, 0.3) is 0 Å². The first-order chi connectivity index (χ1) is 6.83. The first kappa shape index (κ1) is 11.3. The van der Waals surface area contributed by atoms with Crippen molar-refractivity contribution in [2.45, 2.75) is 33.1 Å². The number of hydrogen-bond acceptors (Lipinski definition) is 1. The van der Waals surface area contributed by atoms with Crippen LogP contribution in [0.15, 0.2) is 4.99 Å². The van der Waals surface area contributed by atoms with E-state index in [4.69, 9.17) is 0 Å². The van der Waals surface area contributed by atoms with Crippen LogP contribution in [0.5, 0.6) is 0 Å². The minimum absolute atomic E-state index is 1.07. The highest BCUT2D eigenvalue weighted by molar-refractivity contribution is 5.80. The van der Waals surface area contributed by atoms with Gasteiger partial charge in [0.25, 0.3) is 0 Å². The fourth-order valence-corrected chi connectivity index (χ4v) is 2.07. The van der Waals surface area contributed by atoms with E-state index in [2.05, 4.69) is 28.6 Å². The van der Waals surface area contributed by atoms with E-state index in [1.807, 2.05) is 7.05 Å². The minimum atomic E-state index is 1.07. The van der Waals surface area contributed by atoms with Gasteiger partial charge in [0.2, 0.25) is 0 Å². The van der Waals surface area contributed by atoms with E-state index in [1.165, 1.54) is 38.3 Å². The lowest BCUT2D eigenvalue weighted by molar-refractivity contribution is 0.357. The molecule has 3 nitrogen and oxygen atoms in total. The zero-order valence-electron chi connectivity index (χ0n) is 9.79. The second-order valence-corrected chi connectivity index (χ2v) is 3.80. The van der Waals surface area contributed by atoms with Gasteiger partial charge in [-0.25, -0.2) is 0 Å². The van der Waals surface area contributed by atoms with Gasteiger partial charge in [-0.2, -0.15) is 0 Å². The van der Waals surface area contributed by atoms with E-state index in [1.54, 1.807) is 0 Å². The molecule has 1 rings (SSSR count). The Morgan fingerprint density at radius 2 is 1.93 bits per heavy atom. The molecule has 1 aliphatic rings. The van der Waals surface area contributed by atoms with E-state index in [0.29, 0.717) is 0 Å². The zero-order valence-corrected chi connectivity index (χ0v) is 9.79. The minimum Gasteiger partial charge on any atom is -0.343 e. The smallest absolute Gasteiger partial charge is 0.196 e. The Labute approximate surface area is 87.8 Å². The van der Waals surface area contributed by atoms with Crippen molar-refractivity contribution in [3.8, 4) is 0 Å². The average Bonchev–Trinajstić information content (AvgIpc) is 2.71.